The standard InChI is InChI=1S/C20H25NO3/c1-24-20(23)18-13-11-17(12-14-18)15-21-19(22)10-6-5-9-16-7-3-2-4-8-16/h2-10,17-18H,11-15H2,1H3,(H,21,22)/b9-5+,10-6+. The summed E-state index contributed by atoms with van der Waals surface area (Å²) in [6, 6.07) is 9.94. The second kappa shape index (κ2) is 9.71. The summed E-state index contributed by atoms with van der Waals surface area (Å²) in [5, 5.41) is 2.93. The van der Waals surface area contributed by atoms with E-state index in [0.717, 1.165) is 31.2 Å². The summed E-state index contributed by atoms with van der Waals surface area (Å²) in [6.07, 6.45) is 10.7. The third-order valence-corrected chi connectivity index (χ3v) is 4.39. The molecule has 1 aliphatic rings. The zero-order chi connectivity index (χ0) is 17.2. The van der Waals surface area contributed by atoms with Crippen molar-refractivity contribution in [3.8, 4) is 0 Å². The molecule has 0 aromatic heterocycles. The van der Waals surface area contributed by atoms with E-state index < -0.39 is 0 Å². The molecule has 0 unspecified atom stereocenters. The minimum absolute atomic E-state index is 0.0324. The number of methoxy groups -OCH3 is 1. The molecule has 128 valence electrons. The first-order valence-electron chi connectivity index (χ1n) is 8.44. The lowest BCUT2D eigenvalue weighted by atomic mass is 9.82. The molecule has 0 radical (unpaired) electrons. The fraction of sp³-hybridized carbons (Fsp3) is 0.400. The number of allylic oxidation sites excluding steroid dienone is 2. The number of hydrogen-bond donors (Lipinski definition) is 1. The minimum Gasteiger partial charge on any atom is -0.469 e. The highest BCUT2D eigenvalue weighted by molar-refractivity contribution is 5.87. The summed E-state index contributed by atoms with van der Waals surface area (Å²) in [6.45, 7) is 0.666. The smallest absolute Gasteiger partial charge is 0.308 e. The Morgan fingerprint density at radius 1 is 1.12 bits per heavy atom. The van der Waals surface area contributed by atoms with Gasteiger partial charge in [0.15, 0.2) is 0 Å². The maximum atomic E-state index is 11.8. The normalized spacial score (nSPS) is 21.0. The van der Waals surface area contributed by atoms with E-state index >= 15 is 0 Å². The summed E-state index contributed by atoms with van der Waals surface area (Å²) in [4.78, 5) is 23.3. The average Bonchev–Trinajstić information content (AvgIpc) is 2.64. The monoisotopic (exact) mass is 327 g/mol. The van der Waals surface area contributed by atoms with Crippen molar-refractivity contribution in [2.75, 3.05) is 13.7 Å². The predicted molar refractivity (Wildman–Crippen MR) is 95.1 cm³/mol. The third-order valence-electron chi connectivity index (χ3n) is 4.39. The zero-order valence-electron chi connectivity index (χ0n) is 14.1. The molecule has 1 aromatic rings. The first-order chi connectivity index (χ1) is 11.7. The minimum atomic E-state index is -0.106. The summed E-state index contributed by atoms with van der Waals surface area (Å²) < 4.78 is 4.79. The average molecular weight is 327 g/mol. The van der Waals surface area contributed by atoms with Gasteiger partial charge in [0.2, 0.25) is 5.91 Å². The lowest BCUT2D eigenvalue weighted by molar-refractivity contribution is -0.146. The molecule has 0 atom stereocenters. The van der Waals surface area contributed by atoms with E-state index in [4.69, 9.17) is 4.74 Å². The first kappa shape index (κ1) is 18.0. The van der Waals surface area contributed by atoms with Crippen molar-refractivity contribution >= 4 is 18.0 Å². The van der Waals surface area contributed by atoms with Gasteiger partial charge in [-0.3, -0.25) is 9.59 Å². The second-order valence-corrected chi connectivity index (χ2v) is 6.11. The molecule has 1 amide bonds. The Labute approximate surface area is 143 Å². The van der Waals surface area contributed by atoms with Gasteiger partial charge in [0, 0.05) is 12.6 Å². The van der Waals surface area contributed by atoms with Gasteiger partial charge in [0.05, 0.1) is 13.0 Å². The van der Waals surface area contributed by atoms with Crippen molar-refractivity contribution in [3.05, 3.63) is 54.1 Å². The molecule has 0 spiro atoms. The molecule has 2 rings (SSSR count). The lowest BCUT2D eigenvalue weighted by Crippen LogP contribution is -2.31. The van der Waals surface area contributed by atoms with Gasteiger partial charge in [-0.25, -0.2) is 0 Å². The molecule has 1 fully saturated rings. The van der Waals surface area contributed by atoms with E-state index in [2.05, 4.69) is 5.32 Å². The summed E-state index contributed by atoms with van der Waals surface area (Å²) in [7, 11) is 1.44. The number of ether oxygens (including phenoxy) is 1. The Balaban J connectivity index is 1.66. The SMILES string of the molecule is COC(=O)C1CCC(CNC(=O)/C=C/C=C/c2ccccc2)CC1. The number of esters is 1. The van der Waals surface area contributed by atoms with Gasteiger partial charge >= 0.3 is 5.97 Å². The van der Waals surface area contributed by atoms with Gasteiger partial charge in [-0.2, -0.15) is 0 Å². The van der Waals surface area contributed by atoms with E-state index in [9.17, 15) is 9.59 Å². The number of carbonyl (C=O) groups excluding carboxylic acids is 2. The van der Waals surface area contributed by atoms with Crippen LogP contribution in [0.1, 0.15) is 31.2 Å². The molecule has 1 aliphatic carbocycles. The topological polar surface area (TPSA) is 55.4 Å². The fourth-order valence-electron chi connectivity index (χ4n) is 2.95. The van der Waals surface area contributed by atoms with Crippen LogP contribution in [0.3, 0.4) is 0 Å². The lowest BCUT2D eigenvalue weighted by Gasteiger charge is -2.26. The maximum Gasteiger partial charge on any atom is 0.308 e. The van der Waals surface area contributed by atoms with Crippen LogP contribution in [0.4, 0.5) is 0 Å². The Bertz CT molecular complexity index is 584. The first-order valence-corrected chi connectivity index (χ1v) is 8.44. The highest BCUT2D eigenvalue weighted by atomic mass is 16.5. The largest absolute Gasteiger partial charge is 0.469 e. The molecular weight excluding hydrogens is 302 g/mol. The van der Waals surface area contributed by atoms with Crippen LogP contribution in [-0.4, -0.2) is 25.5 Å². The van der Waals surface area contributed by atoms with Gasteiger partial charge in [-0.1, -0.05) is 48.6 Å². The molecule has 1 saturated carbocycles. The van der Waals surface area contributed by atoms with Gasteiger partial charge in [0.1, 0.15) is 0 Å². The molecule has 4 heteroatoms. The quantitative estimate of drug-likeness (QED) is 0.495. The van der Waals surface area contributed by atoms with E-state index in [1.165, 1.54) is 7.11 Å². The molecule has 1 N–H and O–H groups in total. The van der Waals surface area contributed by atoms with E-state index in [1.807, 2.05) is 42.5 Å². The van der Waals surface area contributed by atoms with Gasteiger partial charge in [-0.05, 0) is 37.2 Å². The molecule has 24 heavy (non-hydrogen) atoms. The van der Waals surface area contributed by atoms with Crippen LogP contribution in [-0.2, 0) is 14.3 Å². The number of rotatable bonds is 6. The molecule has 0 bridgehead atoms. The van der Waals surface area contributed by atoms with Gasteiger partial charge < -0.3 is 10.1 Å². The third kappa shape index (κ3) is 6.03. The number of nitrogens with one attached hydrogen (secondary N) is 1. The van der Waals surface area contributed by atoms with Crippen molar-refractivity contribution in [2.45, 2.75) is 25.7 Å². The Morgan fingerprint density at radius 3 is 2.50 bits per heavy atom. The number of benzene rings is 1. The molecule has 0 heterocycles. The van der Waals surface area contributed by atoms with E-state index in [-0.39, 0.29) is 17.8 Å². The maximum absolute atomic E-state index is 11.8. The summed E-state index contributed by atoms with van der Waals surface area (Å²) in [5.74, 6) is 0.293. The number of carbonyl (C=O) groups is 2. The van der Waals surface area contributed by atoms with E-state index in [0.29, 0.717) is 12.5 Å². The van der Waals surface area contributed by atoms with Crippen LogP contribution in [0.5, 0.6) is 0 Å². The van der Waals surface area contributed by atoms with Crippen LogP contribution in [0.2, 0.25) is 0 Å². The van der Waals surface area contributed by atoms with Crippen LogP contribution < -0.4 is 5.32 Å². The Hall–Kier alpha value is -2.36. The van der Waals surface area contributed by atoms with Gasteiger partial charge in [-0.15, -0.1) is 0 Å². The molecular formula is C20H25NO3. The summed E-state index contributed by atoms with van der Waals surface area (Å²) >= 11 is 0. The number of amides is 1. The predicted octanol–water partition coefficient (Wildman–Crippen LogP) is 3.35. The van der Waals surface area contributed by atoms with Crippen molar-refractivity contribution in [1.82, 2.24) is 5.32 Å². The van der Waals surface area contributed by atoms with Crippen molar-refractivity contribution in [3.63, 3.8) is 0 Å². The second-order valence-electron chi connectivity index (χ2n) is 6.11. The van der Waals surface area contributed by atoms with Crippen molar-refractivity contribution in [2.24, 2.45) is 11.8 Å². The Morgan fingerprint density at radius 2 is 1.83 bits per heavy atom. The molecule has 0 aliphatic heterocycles. The van der Waals surface area contributed by atoms with Gasteiger partial charge in [0.25, 0.3) is 0 Å². The fourth-order valence-corrected chi connectivity index (χ4v) is 2.95. The van der Waals surface area contributed by atoms with Crippen molar-refractivity contribution < 1.29 is 14.3 Å². The highest BCUT2D eigenvalue weighted by Gasteiger charge is 2.26. The molecule has 4 nitrogen and oxygen atoms in total. The zero-order valence-corrected chi connectivity index (χ0v) is 14.1. The van der Waals surface area contributed by atoms with Crippen LogP contribution in [0.25, 0.3) is 6.08 Å². The highest BCUT2D eigenvalue weighted by Crippen LogP contribution is 2.29. The van der Waals surface area contributed by atoms with Crippen LogP contribution in [0, 0.1) is 11.8 Å². The van der Waals surface area contributed by atoms with E-state index in [1.54, 1.807) is 12.2 Å². The van der Waals surface area contributed by atoms with Crippen LogP contribution >= 0.6 is 0 Å². The molecule has 1 aromatic carbocycles. The Kier molecular flexibility index (Phi) is 7.27. The van der Waals surface area contributed by atoms with Crippen LogP contribution in [0.15, 0.2) is 48.6 Å². The number of hydrogen-bond acceptors (Lipinski definition) is 3. The van der Waals surface area contributed by atoms with Crippen molar-refractivity contribution in [1.29, 1.82) is 0 Å². The molecule has 0 saturated heterocycles. The summed E-state index contributed by atoms with van der Waals surface area (Å²) in [5.41, 5.74) is 1.10.